The fourth-order valence-electron chi connectivity index (χ4n) is 1.48. The lowest BCUT2D eigenvalue weighted by atomic mass is 10.2. The van der Waals surface area contributed by atoms with Crippen molar-refractivity contribution in [1.29, 1.82) is 0 Å². The summed E-state index contributed by atoms with van der Waals surface area (Å²) in [5.41, 5.74) is 8.07. The van der Waals surface area contributed by atoms with Gasteiger partial charge >= 0.3 is 0 Å². The second-order valence-electron chi connectivity index (χ2n) is 4.31. The third kappa shape index (κ3) is 2.20. The summed E-state index contributed by atoms with van der Waals surface area (Å²) in [5.74, 6) is 0. The maximum atomic E-state index is 6.10. The number of thioether (sulfide) groups is 1. The molecular formula is C13H16N2S. The van der Waals surface area contributed by atoms with Crippen molar-refractivity contribution < 1.29 is 0 Å². The summed E-state index contributed by atoms with van der Waals surface area (Å²) in [7, 11) is 0. The first-order chi connectivity index (χ1) is 7.55. The lowest BCUT2D eigenvalue weighted by molar-refractivity contribution is 0.844. The number of hydrogen-bond donors (Lipinski definition) is 1. The van der Waals surface area contributed by atoms with Gasteiger partial charge in [-0.1, -0.05) is 24.4 Å². The lowest BCUT2D eigenvalue weighted by Gasteiger charge is -2.13. The molecule has 0 aromatic heterocycles. The van der Waals surface area contributed by atoms with E-state index in [2.05, 4.69) is 31.3 Å². The molecule has 1 aromatic carbocycles. The van der Waals surface area contributed by atoms with Crippen LogP contribution in [0.25, 0.3) is 0 Å². The first kappa shape index (κ1) is 11.4. The van der Waals surface area contributed by atoms with Crippen molar-refractivity contribution in [3.8, 4) is 0 Å². The van der Waals surface area contributed by atoms with Crippen LogP contribution < -0.4 is 5.73 Å². The van der Waals surface area contributed by atoms with Crippen molar-refractivity contribution in [3.05, 3.63) is 35.2 Å². The summed E-state index contributed by atoms with van der Waals surface area (Å²) in [5, 5.41) is 0. The van der Waals surface area contributed by atoms with Gasteiger partial charge in [0.25, 0.3) is 0 Å². The number of rotatable bonds is 4. The van der Waals surface area contributed by atoms with Crippen molar-refractivity contribution in [2.24, 2.45) is 10.7 Å². The van der Waals surface area contributed by atoms with E-state index < -0.39 is 0 Å². The van der Waals surface area contributed by atoms with E-state index >= 15 is 0 Å². The first-order valence-electron chi connectivity index (χ1n) is 5.29. The van der Waals surface area contributed by atoms with E-state index in [9.17, 15) is 0 Å². The Kier molecular flexibility index (Phi) is 2.91. The summed E-state index contributed by atoms with van der Waals surface area (Å²) in [6.45, 7) is 9.71. The van der Waals surface area contributed by atoms with Crippen LogP contribution in [0.3, 0.4) is 0 Å². The minimum atomic E-state index is -0.146. The van der Waals surface area contributed by atoms with Crippen LogP contribution in [0.1, 0.15) is 18.4 Å². The minimum Gasteiger partial charge on any atom is -0.321 e. The lowest BCUT2D eigenvalue weighted by Crippen LogP contribution is -2.22. The SMILES string of the molecule is C=Nc1ccc(C)cc1SC(=C)C1(N)CC1. The van der Waals surface area contributed by atoms with Gasteiger partial charge in [0.15, 0.2) is 0 Å². The third-order valence-electron chi connectivity index (χ3n) is 2.86. The van der Waals surface area contributed by atoms with Crippen LogP contribution in [0.5, 0.6) is 0 Å². The van der Waals surface area contributed by atoms with Gasteiger partial charge in [0.2, 0.25) is 0 Å². The third-order valence-corrected chi connectivity index (χ3v) is 4.06. The second-order valence-corrected chi connectivity index (χ2v) is 5.45. The van der Waals surface area contributed by atoms with Crippen LogP contribution in [0.4, 0.5) is 5.69 Å². The summed E-state index contributed by atoms with van der Waals surface area (Å²) >= 11 is 1.63. The Morgan fingerprint density at radius 3 is 2.75 bits per heavy atom. The van der Waals surface area contributed by atoms with E-state index in [0.29, 0.717) is 0 Å². The van der Waals surface area contributed by atoms with E-state index in [-0.39, 0.29) is 5.54 Å². The van der Waals surface area contributed by atoms with Gasteiger partial charge in [-0.05, 0) is 44.2 Å². The van der Waals surface area contributed by atoms with Gasteiger partial charge < -0.3 is 5.73 Å². The molecule has 1 aliphatic rings. The average Bonchev–Trinajstić information content (AvgIpc) is 2.98. The molecule has 0 atom stereocenters. The van der Waals surface area contributed by atoms with Gasteiger partial charge in [-0.15, -0.1) is 0 Å². The van der Waals surface area contributed by atoms with Crippen molar-refractivity contribution in [2.75, 3.05) is 0 Å². The van der Waals surface area contributed by atoms with Crippen molar-refractivity contribution in [2.45, 2.75) is 30.2 Å². The molecular weight excluding hydrogens is 216 g/mol. The van der Waals surface area contributed by atoms with Crippen LogP contribution in [-0.4, -0.2) is 12.3 Å². The van der Waals surface area contributed by atoms with E-state index in [0.717, 1.165) is 28.3 Å². The summed E-state index contributed by atoms with van der Waals surface area (Å²) in [6.07, 6.45) is 2.09. The summed E-state index contributed by atoms with van der Waals surface area (Å²) in [4.78, 5) is 6.14. The highest BCUT2D eigenvalue weighted by molar-refractivity contribution is 8.03. The Hall–Kier alpha value is -1.06. The van der Waals surface area contributed by atoms with Crippen molar-refractivity contribution in [1.82, 2.24) is 0 Å². The molecule has 0 heterocycles. The molecule has 2 rings (SSSR count). The highest BCUT2D eigenvalue weighted by atomic mass is 32.2. The maximum Gasteiger partial charge on any atom is 0.0761 e. The summed E-state index contributed by atoms with van der Waals surface area (Å²) < 4.78 is 0. The van der Waals surface area contributed by atoms with Gasteiger partial charge in [0, 0.05) is 15.3 Å². The molecule has 0 saturated heterocycles. The molecule has 0 spiro atoms. The van der Waals surface area contributed by atoms with Crippen LogP contribution in [0.2, 0.25) is 0 Å². The maximum absolute atomic E-state index is 6.10. The van der Waals surface area contributed by atoms with E-state index in [1.54, 1.807) is 11.8 Å². The quantitative estimate of drug-likeness (QED) is 0.638. The molecule has 0 radical (unpaired) electrons. The number of benzene rings is 1. The highest BCUT2D eigenvalue weighted by Gasteiger charge is 2.41. The number of nitrogens with two attached hydrogens (primary N) is 1. The predicted molar refractivity (Wildman–Crippen MR) is 71.5 cm³/mol. The van der Waals surface area contributed by atoms with Gasteiger partial charge in [0.05, 0.1) is 5.69 Å². The zero-order valence-corrected chi connectivity index (χ0v) is 10.3. The van der Waals surface area contributed by atoms with Crippen molar-refractivity contribution >= 4 is 24.2 Å². The Morgan fingerprint density at radius 2 is 2.19 bits per heavy atom. The Bertz CT molecular complexity index is 447. The largest absolute Gasteiger partial charge is 0.321 e. The Morgan fingerprint density at radius 1 is 1.50 bits per heavy atom. The zero-order valence-electron chi connectivity index (χ0n) is 9.49. The molecule has 2 N–H and O–H groups in total. The predicted octanol–water partition coefficient (Wildman–Crippen LogP) is 3.42. The fraction of sp³-hybridized carbons (Fsp3) is 0.308. The smallest absolute Gasteiger partial charge is 0.0761 e. The van der Waals surface area contributed by atoms with E-state index in [1.807, 2.05) is 12.1 Å². The Labute approximate surface area is 101 Å². The van der Waals surface area contributed by atoms with E-state index in [1.165, 1.54) is 5.56 Å². The fourth-order valence-corrected chi connectivity index (χ4v) is 2.64. The Balaban J connectivity index is 2.23. The van der Waals surface area contributed by atoms with Crippen LogP contribution in [0.15, 0.2) is 39.6 Å². The molecule has 0 amide bonds. The monoisotopic (exact) mass is 232 g/mol. The van der Waals surface area contributed by atoms with E-state index in [4.69, 9.17) is 5.73 Å². The van der Waals surface area contributed by atoms with Gasteiger partial charge in [-0.3, -0.25) is 4.99 Å². The number of hydrogen-bond acceptors (Lipinski definition) is 3. The van der Waals surface area contributed by atoms with Crippen LogP contribution >= 0.6 is 11.8 Å². The molecule has 84 valence electrons. The first-order valence-corrected chi connectivity index (χ1v) is 6.10. The highest BCUT2D eigenvalue weighted by Crippen LogP contribution is 2.47. The van der Waals surface area contributed by atoms with Crippen molar-refractivity contribution in [3.63, 3.8) is 0 Å². The molecule has 0 bridgehead atoms. The molecule has 0 aliphatic heterocycles. The molecule has 0 unspecified atom stereocenters. The molecule has 1 aromatic rings. The number of nitrogens with zero attached hydrogens (tertiary/aromatic N) is 1. The molecule has 2 nitrogen and oxygen atoms in total. The zero-order chi connectivity index (χ0) is 11.8. The number of aliphatic imine (C=N–C) groups is 1. The average molecular weight is 232 g/mol. The minimum absolute atomic E-state index is 0.146. The topological polar surface area (TPSA) is 38.4 Å². The van der Waals surface area contributed by atoms with Gasteiger partial charge in [0.1, 0.15) is 0 Å². The molecule has 1 saturated carbocycles. The van der Waals surface area contributed by atoms with Crippen LogP contribution in [0, 0.1) is 6.92 Å². The van der Waals surface area contributed by atoms with Gasteiger partial charge in [-0.2, -0.15) is 0 Å². The molecule has 1 aliphatic carbocycles. The molecule has 3 heteroatoms. The summed E-state index contributed by atoms with van der Waals surface area (Å²) in [6, 6.07) is 6.12. The normalized spacial score (nSPS) is 16.9. The number of aryl methyl sites for hydroxylation is 1. The molecule has 1 fully saturated rings. The standard InChI is InChI=1S/C13H16N2S/c1-9-4-5-11(15-3)12(8-9)16-10(2)13(14)6-7-13/h4-5,8H,2-3,6-7,14H2,1H3. The second kappa shape index (κ2) is 4.07. The molecule has 16 heavy (non-hydrogen) atoms. The van der Waals surface area contributed by atoms with Gasteiger partial charge in [-0.25, -0.2) is 0 Å². The van der Waals surface area contributed by atoms with Crippen LogP contribution in [-0.2, 0) is 0 Å².